The van der Waals surface area contributed by atoms with Crippen molar-refractivity contribution < 1.29 is 9.59 Å². The molecule has 0 spiro atoms. The molecule has 18 heavy (non-hydrogen) atoms. The lowest BCUT2D eigenvalue weighted by Gasteiger charge is -2.19. The second-order valence-corrected chi connectivity index (χ2v) is 4.91. The third kappa shape index (κ3) is 3.50. The fourth-order valence-electron chi connectivity index (χ4n) is 2.54. The molecule has 96 valence electrons. The first-order valence-electron chi connectivity index (χ1n) is 6.55. The average molecular weight is 245 g/mol. The largest absolute Gasteiger partial charge is 0.299 e. The van der Waals surface area contributed by atoms with E-state index in [-0.39, 0.29) is 11.7 Å². The minimum absolute atomic E-state index is 0.0525. The zero-order valence-electron chi connectivity index (χ0n) is 10.5. The van der Waals surface area contributed by atoms with Crippen molar-refractivity contribution in [3.63, 3.8) is 0 Å². The Kier molecular flexibility index (Phi) is 4.65. The van der Waals surface area contributed by atoms with Crippen molar-refractivity contribution >= 4 is 12.1 Å². The van der Waals surface area contributed by atoms with Crippen molar-refractivity contribution in [1.82, 2.24) is 4.90 Å². The van der Waals surface area contributed by atoms with Gasteiger partial charge in [-0.25, -0.2) is 0 Å². The fraction of sp³-hybridized carbons (Fsp3) is 0.467. The van der Waals surface area contributed by atoms with E-state index in [0.717, 1.165) is 38.9 Å². The summed E-state index contributed by atoms with van der Waals surface area (Å²) in [6.07, 6.45) is 3.14. The molecule has 3 nitrogen and oxygen atoms in total. The van der Waals surface area contributed by atoms with Crippen molar-refractivity contribution in [2.45, 2.75) is 25.8 Å². The third-order valence-corrected chi connectivity index (χ3v) is 3.59. The highest BCUT2D eigenvalue weighted by Crippen LogP contribution is 2.19. The lowest BCUT2D eigenvalue weighted by Crippen LogP contribution is -2.25. The Morgan fingerprint density at radius 3 is 2.72 bits per heavy atom. The standard InChI is InChI=1S/C15H19NO2/c17-12-15(18)14-7-4-9-16(10-8-14)11-13-5-2-1-3-6-13/h1-3,5-6,12,14H,4,7-11H2. The number of Topliss-reactive ketones (excluding diaryl/α,β-unsaturated/α-hetero) is 1. The summed E-state index contributed by atoms with van der Waals surface area (Å²) in [5.41, 5.74) is 1.30. The molecule has 0 bridgehead atoms. The molecule has 0 amide bonds. The molecular weight excluding hydrogens is 226 g/mol. The van der Waals surface area contributed by atoms with E-state index in [1.54, 1.807) is 0 Å². The van der Waals surface area contributed by atoms with Gasteiger partial charge in [-0.2, -0.15) is 0 Å². The van der Waals surface area contributed by atoms with Crippen molar-refractivity contribution in [2.24, 2.45) is 5.92 Å². The van der Waals surface area contributed by atoms with E-state index in [1.165, 1.54) is 5.56 Å². The van der Waals surface area contributed by atoms with Crippen LogP contribution >= 0.6 is 0 Å². The van der Waals surface area contributed by atoms with E-state index in [9.17, 15) is 9.59 Å². The number of hydrogen-bond donors (Lipinski definition) is 0. The minimum atomic E-state index is -0.225. The molecule has 1 fully saturated rings. The van der Waals surface area contributed by atoms with Gasteiger partial charge < -0.3 is 0 Å². The molecule has 2 rings (SSSR count). The summed E-state index contributed by atoms with van der Waals surface area (Å²) >= 11 is 0. The molecule has 1 aliphatic heterocycles. The fourth-order valence-corrected chi connectivity index (χ4v) is 2.54. The molecule has 0 N–H and O–H groups in total. The Bertz CT molecular complexity index is 402. The Hall–Kier alpha value is -1.48. The maximum atomic E-state index is 11.4. The van der Waals surface area contributed by atoms with Gasteiger partial charge in [0.2, 0.25) is 0 Å². The molecule has 1 unspecified atom stereocenters. The molecule has 1 aromatic rings. The van der Waals surface area contributed by atoms with Crippen LogP contribution in [0.1, 0.15) is 24.8 Å². The average Bonchev–Trinajstić information content (AvgIpc) is 2.65. The highest BCUT2D eigenvalue weighted by Gasteiger charge is 2.22. The number of ketones is 1. The summed E-state index contributed by atoms with van der Waals surface area (Å²) in [5, 5.41) is 0. The van der Waals surface area contributed by atoms with Crippen molar-refractivity contribution in [3.05, 3.63) is 35.9 Å². The predicted octanol–water partition coefficient (Wildman–Crippen LogP) is 2.06. The van der Waals surface area contributed by atoms with Crippen LogP contribution in [0.15, 0.2) is 30.3 Å². The van der Waals surface area contributed by atoms with Gasteiger partial charge in [0, 0.05) is 12.5 Å². The molecule has 3 heteroatoms. The Morgan fingerprint density at radius 2 is 2.00 bits per heavy atom. The molecule has 0 aliphatic carbocycles. The van der Waals surface area contributed by atoms with Crippen LogP contribution in [0.25, 0.3) is 0 Å². The Morgan fingerprint density at radius 1 is 1.22 bits per heavy atom. The summed E-state index contributed by atoms with van der Waals surface area (Å²) in [4.78, 5) is 24.3. The van der Waals surface area contributed by atoms with E-state index in [0.29, 0.717) is 6.29 Å². The topological polar surface area (TPSA) is 37.4 Å². The van der Waals surface area contributed by atoms with Crippen LogP contribution in [0.4, 0.5) is 0 Å². The summed E-state index contributed by atoms with van der Waals surface area (Å²) in [6, 6.07) is 10.4. The first-order valence-corrected chi connectivity index (χ1v) is 6.55. The van der Waals surface area contributed by atoms with Gasteiger partial charge in [-0.1, -0.05) is 30.3 Å². The van der Waals surface area contributed by atoms with E-state index in [4.69, 9.17) is 0 Å². The zero-order chi connectivity index (χ0) is 12.8. The van der Waals surface area contributed by atoms with E-state index in [1.807, 2.05) is 18.2 Å². The monoisotopic (exact) mass is 245 g/mol. The molecular formula is C15H19NO2. The second-order valence-electron chi connectivity index (χ2n) is 4.91. The van der Waals surface area contributed by atoms with Gasteiger partial charge in [0.25, 0.3) is 0 Å². The number of aldehydes is 1. The highest BCUT2D eigenvalue weighted by atomic mass is 16.2. The molecule has 0 saturated carbocycles. The van der Waals surface area contributed by atoms with Gasteiger partial charge in [0.1, 0.15) is 0 Å². The number of nitrogens with zero attached hydrogens (tertiary/aromatic N) is 1. The normalized spacial score (nSPS) is 21.2. The maximum Gasteiger partial charge on any atom is 0.198 e. The van der Waals surface area contributed by atoms with Gasteiger partial charge in [0.15, 0.2) is 12.1 Å². The molecule has 0 radical (unpaired) electrons. The Labute approximate surface area is 108 Å². The second kappa shape index (κ2) is 6.45. The molecule has 1 aliphatic rings. The lowest BCUT2D eigenvalue weighted by molar-refractivity contribution is -0.132. The molecule has 1 atom stereocenters. The smallest absolute Gasteiger partial charge is 0.198 e. The number of carbonyl (C=O) groups is 2. The predicted molar refractivity (Wildman–Crippen MR) is 70.1 cm³/mol. The number of benzene rings is 1. The van der Waals surface area contributed by atoms with Crippen LogP contribution < -0.4 is 0 Å². The van der Waals surface area contributed by atoms with Crippen LogP contribution in [0.3, 0.4) is 0 Å². The zero-order valence-corrected chi connectivity index (χ0v) is 10.5. The van der Waals surface area contributed by atoms with Crippen LogP contribution in [-0.4, -0.2) is 30.1 Å². The number of carbonyl (C=O) groups excluding carboxylic acids is 2. The number of likely N-dealkylation sites (tertiary alicyclic amines) is 1. The van der Waals surface area contributed by atoms with Gasteiger partial charge in [-0.3, -0.25) is 14.5 Å². The summed E-state index contributed by atoms with van der Waals surface area (Å²) < 4.78 is 0. The van der Waals surface area contributed by atoms with E-state index in [2.05, 4.69) is 17.0 Å². The lowest BCUT2D eigenvalue weighted by atomic mass is 9.97. The SMILES string of the molecule is O=CC(=O)C1CCCN(Cc2ccccc2)CC1. The summed E-state index contributed by atoms with van der Waals surface area (Å²) in [6.45, 7) is 2.85. The maximum absolute atomic E-state index is 11.4. The first-order chi connectivity index (χ1) is 8.79. The van der Waals surface area contributed by atoms with Crippen LogP contribution in [-0.2, 0) is 16.1 Å². The summed E-state index contributed by atoms with van der Waals surface area (Å²) in [5.74, 6) is -0.278. The van der Waals surface area contributed by atoms with Crippen molar-refractivity contribution in [1.29, 1.82) is 0 Å². The number of hydrogen-bond acceptors (Lipinski definition) is 3. The minimum Gasteiger partial charge on any atom is -0.299 e. The highest BCUT2D eigenvalue weighted by molar-refractivity contribution is 6.25. The Balaban J connectivity index is 1.89. The molecule has 1 heterocycles. The number of rotatable bonds is 4. The van der Waals surface area contributed by atoms with Crippen LogP contribution in [0.2, 0.25) is 0 Å². The van der Waals surface area contributed by atoms with Crippen LogP contribution in [0.5, 0.6) is 0 Å². The van der Waals surface area contributed by atoms with Crippen molar-refractivity contribution in [3.8, 4) is 0 Å². The summed E-state index contributed by atoms with van der Waals surface area (Å²) in [7, 11) is 0. The van der Waals surface area contributed by atoms with E-state index < -0.39 is 0 Å². The third-order valence-electron chi connectivity index (χ3n) is 3.59. The van der Waals surface area contributed by atoms with Crippen LogP contribution in [0, 0.1) is 5.92 Å². The van der Waals surface area contributed by atoms with E-state index >= 15 is 0 Å². The molecule has 0 aromatic heterocycles. The van der Waals surface area contributed by atoms with Crippen molar-refractivity contribution in [2.75, 3.05) is 13.1 Å². The molecule has 1 saturated heterocycles. The van der Waals surface area contributed by atoms with Gasteiger partial charge in [-0.15, -0.1) is 0 Å². The molecule has 1 aromatic carbocycles. The first kappa shape index (κ1) is 13.0. The van der Waals surface area contributed by atoms with Gasteiger partial charge >= 0.3 is 0 Å². The van der Waals surface area contributed by atoms with Gasteiger partial charge in [0.05, 0.1) is 0 Å². The van der Waals surface area contributed by atoms with Gasteiger partial charge in [-0.05, 0) is 37.9 Å². The quantitative estimate of drug-likeness (QED) is 0.602.